The summed E-state index contributed by atoms with van der Waals surface area (Å²) in [4.78, 5) is 11.4. The van der Waals surface area contributed by atoms with Gasteiger partial charge in [0.05, 0.1) is 0 Å². The Bertz CT molecular complexity index is 308. The fraction of sp³-hybridized carbons (Fsp3) is 0. The molecule has 0 spiro atoms. The van der Waals surface area contributed by atoms with Crippen LogP contribution in [0.1, 0.15) is 0 Å². The van der Waals surface area contributed by atoms with Crippen molar-refractivity contribution in [3.8, 4) is 0 Å². The fourth-order valence-corrected chi connectivity index (χ4v) is 0.938. The number of hydrogen-bond donors (Lipinski definition) is 0. The molecule has 0 N–H and O–H groups in total. The molecule has 0 aliphatic heterocycles. The van der Waals surface area contributed by atoms with Crippen LogP contribution in [0.25, 0.3) is 0 Å². The average molecular weight is 301 g/mol. The molecule has 0 aromatic carbocycles. The van der Waals surface area contributed by atoms with Crippen molar-refractivity contribution >= 4 is 0 Å². The van der Waals surface area contributed by atoms with E-state index in [4.69, 9.17) is 0 Å². The van der Waals surface area contributed by atoms with Crippen molar-refractivity contribution < 1.29 is 17.1 Å². The second-order valence-corrected chi connectivity index (χ2v) is 3.07. The molecule has 1 radical (unpaired) electrons. The van der Waals surface area contributed by atoms with Gasteiger partial charge in [-0.05, 0) is 36.4 Å². The molecular weight excluding hydrogens is 286 g/mol. The average Bonchev–Trinajstić information content (AvgIpc) is 2.54. The third kappa shape index (κ3) is 12.2. The van der Waals surface area contributed by atoms with Gasteiger partial charge < -0.3 is 0 Å². The van der Waals surface area contributed by atoms with Crippen LogP contribution in [0, 0.1) is 0 Å². The van der Waals surface area contributed by atoms with Crippen LogP contribution in [0.4, 0.5) is 0 Å². The van der Waals surface area contributed by atoms with E-state index in [0.717, 1.165) is 0 Å². The van der Waals surface area contributed by atoms with Gasteiger partial charge in [-0.1, -0.05) is 18.2 Å². The molecule has 0 atom stereocenters. The molecule has 3 rings (SSSR count). The predicted molar refractivity (Wildman–Crippen MR) is 72.7 cm³/mol. The first-order valence-corrected chi connectivity index (χ1v) is 5.55. The maximum Gasteiger partial charge on any atom is 2.00 e. The first-order valence-electron chi connectivity index (χ1n) is 5.55. The normalized spacial score (nSPS) is 7.58. The quantitative estimate of drug-likeness (QED) is 0.598. The van der Waals surface area contributed by atoms with Gasteiger partial charge in [0.2, 0.25) is 0 Å². The Morgan fingerprint density at radius 2 is 0.526 bits per heavy atom. The largest absolute Gasteiger partial charge is 2.00 e. The van der Waals surface area contributed by atoms with E-state index >= 15 is 0 Å². The van der Waals surface area contributed by atoms with E-state index in [-0.39, 0.29) is 17.1 Å². The summed E-state index contributed by atoms with van der Waals surface area (Å²) in [5, 5.41) is 0. The molecule has 99 valence electrons. The molecule has 19 heavy (non-hydrogen) atoms. The summed E-state index contributed by atoms with van der Waals surface area (Å²) < 4.78 is 0. The van der Waals surface area contributed by atoms with Crippen molar-refractivity contribution in [3.05, 3.63) is 91.8 Å². The molecule has 3 aromatic heterocycles. The predicted octanol–water partition coefficient (Wildman–Crippen LogP) is 3.24. The number of pyridine rings is 3. The molecule has 0 unspecified atom stereocenters. The van der Waals surface area contributed by atoms with Crippen molar-refractivity contribution in [1.29, 1.82) is 0 Å². The molecule has 0 amide bonds. The Labute approximate surface area is 124 Å². The van der Waals surface area contributed by atoms with E-state index in [0.29, 0.717) is 0 Å². The minimum Gasteiger partial charge on any atom is -0.265 e. The van der Waals surface area contributed by atoms with Crippen LogP contribution in [-0.4, -0.2) is 15.0 Å². The van der Waals surface area contributed by atoms with Gasteiger partial charge in [0, 0.05) is 37.2 Å². The van der Waals surface area contributed by atoms with Crippen molar-refractivity contribution in [2.24, 2.45) is 0 Å². The van der Waals surface area contributed by atoms with Gasteiger partial charge in [-0.15, -0.1) is 0 Å². The summed E-state index contributed by atoms with van der Waals surface area (Å²) in [7, 11) is 0. The molecule has 0 aliphatic carbocycles. The summed E-state index contributed by atoms with van der Waals surface area (Å²) >= 11 is 0. The van der Waals surface area contributed by atoms with Crippen molar-refractivity contribution in [3.63, 3.8) is 0 Å². The monoisotopic (exact) mass is 300 g/mol. The van der Waals surface area contributed by atoms with Crippen LogP contribution in [0.3, 0.4) is 0 Å². The van der Waals surface area contributed by atoms with Gasteiger partial charge in [0.25, 0.3) is 0 Å². The summed E-state index contributed by atoms with van der Waals surface area (Å²) in [5.41, 5.74) is 0. The van der Waals surface area contributed by atoms with E-state index in [1.807, 2.05) is 54.6 Å². The second kappa shape index (κ2) is 14.0. The zero-order chi connectivity index (χ0) is 12.7. The summed E-state index contributed by atoms with van der Waals surface area (Å²) in [6.07, 6.45) is 10.5. The van der Waals surface area contributed by atoms with Gasteiger partial charge in [0.15, 0.2) is 0 Å². The van der Waals surface area contributed by atoms with Crippen LogP contribution >= 0.6 is 0 Å². The zero-order valence-electron chi connectivity index (χ0n) is 10.3. The van der Waals surface area contributed by atoms with Gasteiger partial charge in [0.1, 0.15) is 0 Å². The number of nitrogens with zero attached hydrogens (tertiary/aromatic N) is 3. The van der Waals surface area contributed by atoms with Crippen LogP contribution in [0.2, 0.25) is 0 Å². The Kier molecular flexibility index (Phi) is 12.5. The van der Waals surface area contributed by atoms with Crippen LogP contribution < -0.4 is 0 Å². The smallest absolute Gasteiger partial charge is 0.265 e. The minimum absolute atomic E-state index is 0. The van der Waals surface area contributed by atoms with Crippen LogP contribution in [0.5, 0.6) is 0 Å². The Morgan fingerprint density at radius 1 is 0.316 bits per heavy atom. The SMILES string of the molecule is [Cu+2].c1ccncc1.c1ccncc1.c1ccncc1. The molecular formula is C15H15CuN3+2. The molecule has 0 bridgehead atoms. The topological polar surface area (TPSA) is 38.7 Å². The maximum absolute atomic E-state index is 3.78. The van der Waals surface area contributed by atoms with E-state index in [1.165, 1.54) is 0 Å². The molecule has 0 aliphatic rings. The van der Waals surface area contributed by atoms with Crippen LogP contribution in [-0.2, 0) is 17.1 Å². The summed E-state index contributed by atoms with van der Waals surface area (Å²) in [5.74, 6) is 0. The van der Waals surface area contributed by atoms with Gasteiger partial charge in [-0.3, -0.25) is 15.0 Å². The molecule has 0 saturated heterocycles. The van der Waals surface area contributed by atoms with E-state index < -0.39 is 0 Å². The minimum atomic E-state index is 0. The Morgan fingerprint density at radius 3 is 0.579 bits per heavy atom. The van der Waals surface area contributed by atoms with E-state index in [2.05, 4.69) is 15.0 Å². The molecule has 4 heteroatoms. The maximum atomic E-state index is 3.78. The van der Waals surface area contributed by atoms with E-state index in [1.54, 1.807) is 37.2 Å². The number of hydrogen-bond acceptors (Lipinski definition) is 3. The van der Waals surface area contributed by atoms with Gasteiger partial charge >= 0.3 is 17.1 Å². The van der Waals surface area contributed by atoms with Crippen molar-refractivity contribution in [1.82, 2.24) is 15.0 Å². The van der Waals surface area contributed by atoms with Gasteiger partial charge in [-0.2, -0.15) is 0 Å². The zero-order valence-corrected chi connectivity index (χ0v) is 11.2. The number of rotatable bonds is 0. The summed E-state index contributed by atoms with van der Waals surface area (Å²) in [6, 6.07) is 17.1. The van der Waals surface area contributed by atoms with Crippen molar-refractivity contribution in [2.45, 2.75) is 0 Å². The van der Waals surface area contributed by atoms with Crippen molar-refractivity contribution in [2.75, 3.05) is 0 Å². The van der Waals surface area contributed by atoms with Crippen LogP contribution in [0.15, 0.2) is 91.8 Å². The Balaban J connectivity index is 0.000000249. The summed E-state index contributed by atoms with van der Waals surface area (Å²) in [6.45, 7) is 0. The Hall–Kier alpha value is -2.03. The number of aromatic nitrogens is 3. The first kappa shape index (κ1) is 17.0. The molecule has 3 heterocycles. The third-order valence-electron chi connectivity index (χ3n) is 1.70. The molecule has 3 nitrogen and oxygen atoms in total. The molecule has 0 fully saturated rings. The van der Waals surface area contributed by atoms with E-state index in [9.17, 15) is 0 Å². The third-order valence-corrected chi connectivity index (χ3v) is 1.70. The standard InChI is InChI=1S/3C5H5N.Cu/c3*1-2-4-6-5-3-1;/h3*1-5H;/q;;;+2. The molecule has 3 aromatic rings. The van der Waals surface area contributed by atoms with Gasteiger partial charge in [-0.25, -0.2) is 0 Å². The first-order chi connectivity index (χ1) is 9.00. The second-order valence-electron chi connectivity index (χ2n) is 3.07. The molecule has 0 saturated carbocycles. The fourth-order valence-electron chi connectivity index (χ4n) is 0.938.